The summed E-state index contributed by atoms with van der Waals surface area (Å²) in [4.78, 5) is 21.8. The molecule has 0 radical (unpaired) electrons. The SMILES string of the molecule is NC(=O)N(N)C(=O)CCOCc1ccccc1. The molecule has 17 heavy (non-hydrogen) atoms. The zero-order chi connectivity index (χ0) is 12.7. The molecule has 0 saturated heterocycles. The first-order valence-electron chi connectivity index (χ1n) is 5.10. The molecule has 0 aromatic heterocycles. The number of hydrazine groups is 1. The van der Waals surface area contributed by atoms with Gasteiger partial charge in [-0.05, 0) is 5.56 Å². The number of nitrogens with two attached hydrogens (primary N) is 2. The maximum Gasteiger partial charge on any atom is 0.336 e. The third-order valence-corrected chi connectivity index (χ3v) is 2.08. The van der Waals surface area contributed by atoms with Gasteiger partial charge in [0.2, 0.25) is 5.91 Å². The molecule has 0 spiro atoms. The third-order valence-electron chi connectivity index (χ3n) is 2.08. The minimum Gasteiger partial charge on any atom is -0.376 e. The predicted octanol–water partition coefficient (Wildman–Crippen LogP) is 0.374. The van der Waals surface area contributed by atoms with Crippen LogP contribution in [0.5, 0.6) is 0 Å². The van der Waals surface area contributed by atoms with Crippen LogP contribution in [0.15, 0.2) is 30.3 Å². The molecule has 1 rings (SSSR count). The molecule has 0 atom stereocenters. The molecule has 6 nitrogen and oxygen atoms in total. The highest BCUT2D eigenvalue weighted by Gasteiger charge is 2.13. The van der Waals surface area contributed by atoms with E-state index in [9.17, 15) is 9.59 Å². The van der Waals surface area contributed by atoms with E-state index in [1.54, 1.807) is 0 Å². The summed E-state index contributed by atoms with van der Waals surface area (Å²) in [6.07, 6.45) is 0.0201. The van der Waals surface area contributed by atoms with Gasteiger partial charge in [-0.1, -0.05) is 30.3 Å². The van der Waals surface area contributed by atoms with Crippen molar-refractivity contribution in [3.05, 3.63) is 35.9 Å². The second kappa shape index (κ2) is 6.62. The Morgan fingerprint density at radius 3 is 2.47 bits per heavy atom. The van der Waals surface area contributed by atoms with Crippen LogP contribution in [0.3, 0.4) is 0 Å². The topological polar surface area (TPSA) is 98.7 Å². The number of carbonyl (C=O) groups excluding carboxylic acids is 2. The van der Waals surface area contributed by atoms with Gasteiger partial charge in [-0.3, -0.25) is 4.79 Å². The molecule has 92 valence electrons. The van der Waals surface area contributed by atoms with Crippen LogP contribution in [-0.4, -0.2) is 23.6 Å². The fourth-order valence-electron chi connectivity index (χ4n) is 1.17. The first kappa shape index (κ1) is 13.1. The second-order valence-corrected chi connectivity index (χ2v) is 3.39. The van der Waals surface area contributed by atoms with Crippen LogP contribution in [0.4, 0.5) is 4.79 Å². The number of hydrogen-bond acceptors (Lipinski definition) is 4. The van der Waals surface area contributed by atoms with Gasteiger partial charge in [0.05, 0.1) is 19.6 Å². The van der Waals surface area contributed by atoms with Gasteiger partial charge in [0.1, 0.15) is 0 Å². The Balaban J connectivity index is 2.21. The van der Waals surface area contributed by atoms with Crippen molar-refractivity contribution in [2.45, 2.75) is 13.0 Å². The summed E-state index contributed by atoms with van der Waals surface area (Å²) in [5.41, 5.74) is 5.85. The average Bonchev–Trinajstić information content (AvgIpc) is 2.34. The number of carbonyl (C=O) groups is 2. The standard InChI is InChI=1S/C11H15N3O3/c12-11(16)14(13)10(15)6-7-17-8-9-4-2-1-3-5-9/h1-5H,6-8,13H2,(H2,12,16). The van der Waals surface area contributed by atoms with E-state index in [2.05, 4.69) is 0 Å². The molecule has 0 aliphatic heterocycles. The summed E-state index contributed by atoms with van der Waals surface area (Å²) < 4.78 is 5.27. The summed E-state index contributed by atoms with van der Waals surface area (Å²) >= 11 is 0. The largest absolute Gasteiger partial charge is 0.376 e. The normalized spacial score (nSPS) is 9.94. The Morgan fingerprint density at radius 1 is 1.24 bits per heavy atom. The minimum atomic E-state index is -0.974. The number of nitrogens with zero attached hydrogens (tertiary/aromatic N) is 1. The summed E-state index contributed by atoms with van der Waals surface area (Å²) in [6, 6.07) is 8.57. The fourth-order valence-corrected chi connectivity index (χ4v) is 1.17. The molecule has 4 N–H and O–H groups in total. The van der Waals surface area contributed by atoms with Gasteiger partial charge >= 0.3 is 6.03 Å². The van der Waals surface area contributed by atoms with E-state index < -0.39 is 11.9 Å². The molecule has 6 heteroatoms. The van der Waals surface area contributed by atoms with Gasteiger partial charge < -0.3 is 10.5 Å². The average molecular weight is 237 g/mol. The fraction of sp³-hybridized carbons (Fsp3) is 0.273. The molecule has 0 unspecified atom stereocenters. The molecular weight excluding hydrogens is 222 g/mol. The van der Waals surface area contributed by atoms with Crippen molar-refractivity contribution < 1.29 is 14.3 Å². The van der Waals surface area contributed by atoms with E-state index in [1.165, 1.54) is 0 Å². The van der Waals surface area contributed by atoms with E-state index in [0.29, 0.717) is 11.6 Å². The molecule has 3 amide bonds. The summed E-state index contributed by atoms with van der Waals surface area (Å²) in [5.74, 6) is 4.54. The lowest BCUT2D eigenvalue weighted by Gasteiger charge is -2.11. The molecular formula is C11H15N3O3. The number of rotatable bonds is 5. The lowest BCUT2D eigenvalue weighted by atomic mass is 10.2. The number of imide groups is 1. The number of urea groups is 1. The van der Waals surface area contributed by atoms with Crippen LogP contribution >= 0.6 is 0 Å². The smallest absolute Gasteiger partial charge is 0.336 e. The molecule has 0 aliphatic rings. The summed E-state index contributed by atoms with van der Waals surface area (Å²) in [6.45, 7) is 0.601. The van der Waals surface area contributed by atoms with E-state index >= 15 is 0 Å². The highest BCUT2D eigenvalue weighted by Crippen LogP contribution is 2.01. The highest BCUT2D eigenvalue weighted by atomic mass is 16.5. The number of primary amides is 1. The number of hydrogen-bond donors (Lipinski definition) is 2. The van der Waals surface area contributed by atoms with Gasteiger partial charge in [0.25, 0.3) is 0 Å². The van der Waals surface area contributed by atoms with Gasteiger partial charge in [0, 0.05) is 0 Å². The molecule has 1 aromatic rings. The minimum absolute atomic E-state index is 0.0201. The lowest BCUT2D eigenvalue weighted by Crippen LogP contribution is -2.46. The molecule has 1 aromatic carbocycles. The van der Waals surface area contributed by atoms with Crippen LogP contribution in [0.1, 0.15) is 12.0 Å². The molecule has 0 saturated carbocycles. The maximum atomic E-state index is 11.2. The van der Waals surface area contributed by atoms with E-state index in [4.69, 9.17) is 16.3 Å². The van der Waals surface area contributed by atoms with Gasteiger partial charge in [-0.25, -0.2) is 10.6 Å². The lowest BCUT2D eigenvalue weighted by molar-refractivity contribution is -0.129. The van der Waals surface area contributed by atoms with Crippen LogP contribution in [-0.2, 0) is 16.1 Å². The first-order chi connectivity index (χ1) is 8.11. The van der Waals surface area contributed by atoms with E-state index in [-0.39, 0.29) is 13.0 Å². The third kappa shape index (κ3) is 4.62. The number of ether oxygens (including phenoxy) is 1. The van der Waals surface area contributed by atoms with Crippen molar-refractivity contribution in [1.29, 1.82) is 0 Å². The van der Waals surface area contributed by atoms with Crippen molar-refractivity contribution in [3.8, 4) is 0 Å². The Morgan fingerprint density at radius 2 is 1.88 bits per heavy atom. The van der Waals surface area contributed by atoms with Crippen molar-refractivity contribution in [2.75, 3.05) is 6.61 Å². The predicted molar refractivity (Wildman–Crippen MR) is 61.3 cm³/mol. The van der Waals surface area contributed by atoms with Crippen molar-refractivity contribution in [2.24, 2.45) is 11.6 Å². The van der Waals surface area contributed by atoms with E-state index in [1.807, 2.05) is 30.3 Å². The second-order valence-electron chi connectivity index (χ2n) is 3.39. The molecule has 0 bridgehead atoms. The Bertz CT molecular complexity index is 381. The number of amides is 3. The zero-order valence-electron chi connectivity index (χ0n) is 9.33. The van der Waals surface area contributed by atoms with Crippen molar-refractivity contribution in [3.63, 3.8) is 0 Å². The van der Waals surface area contributed by atoms with Crippen molar-refractivity contribution in [1.82, 2.24) is 5.01 Å². The highest BCUT2D eigenvalue weighted by molar-refractivity contribution is 5.92. The summed E-state index contributed by atoms with van der Waals surface area (Å²) in [5, 5.41) is 0.381. The van der Waals surface area contributed by atoms with Gasteiger partial charge in [0.15, 0.2) is 0 Å². The van der Waals surface area contributed by atoms with Crippen LogP contribution in [0.2, 0.25) is 0 Å². The van der Waals surface area contributed by atoms with Crippen LogP contribution in [0, 0.1) is 0 Å². The van der Waals surface area contributed by atoms with Gasteiger partial charge in [-0.15, -0.1) is 0 Å². The van der Waals surface area contributed by atoms with E-state index in [0.717, 1.165) is 5.56 Å². The number of benzene rings is 1. The Kier molecular flexibility index (Phi) is 5.12. The Labute approximate surface area is 99.1 Å². The molecule has 0 aliphatic carbocycles. The van der Waals surface area contributed by atoms with Crippen LogP contribution in [0.25, 0.3) is 0 Å². The monoisotopic (exact) mass is 237 g/mol. The Hall–Kier alpha value is -1.92. The first-order valence-corrected chi connectivity index (χ1v) is 5.10. The van der Waals surface area contributed by atoms with Crippen molar-refractivity contribution >= 4 is 11.9 Å². The summed E-state index contributed by atoms with van der Waals surface area (Å²) in [7, 11) is 0. The molecule has 0 fully saturated rings. The van der Waals surface area contributed by atoms with Gasteiger partial charge in [-0.2, -0.15) is 5.01 Å². The quantitative estimate of drug-likeness (QED) is 0.334. The zero-order valence-corrected chi connectivity index (χ0v) is 9.33. The molecule has 0 heterocycles. The maximum absolute atomic E-state index is 11.2. The van der Waals surface area contributed by atoms with Crippen LogP contribution < -0.4 is 11.6 Å².